The van der Waals surface area contributed by atoms with E-state index < -0.39 is 16.5 Å². The second kappa shape index (κ2) is 9.51. The summed E-state index contributed by atoms with van der Waals surface area (Å²) in [6.07, 6.45) is 2.65. The van der Waals surface area contributed by atoms with Gasteiger partial charge in [0.05, 0.1) is 16.5 Å². The molecule has 1 saturated carbocycles. The zero-order valence-electron chi connectivity index (χ0n) is 18.2. The van der Waals surface area contributed by atoms with E-state index in [1.807, 2.05) is 31.2 Å². The smallest absolute Gasteiger partial charge is 0.410 e. The lowest BCUT2D eigenvalue weighted by Crippen LogP contribution is -2.52. The van der Waals surface area contributed by atoms with Crippen molar-refractivity contribution in [3.63, 3.8) is 0 Å². The van der Waals surface area contributed by atoms with Crippen LogP contribution in [0.25, 0.3) is 0 Å². The lowest BCUT2D eigenvalue weighted by atomic mass is 9.80. The molecule has 9 heteroatoms. The molecule has 2 aliphatic rings. The number of hydrogen-bond donors (Lipinski definition) is 0. The lowest BCUT2D eigenvalue weighted by molar-refractivity contribution is -0.384. The summed E-state index contributed by atoms with van der Waals surface area (Å²) in [5.74, 6) is -0.499. The van der Waals surface area contributed by atoms with E-state index in [2.05, 4.69) is 15.9 Å². The molecule has 2 fully saturated rings. The summed E-state index contributed by atoms with van der Waals surface area (Å²) < 4.78 is 12.5. The second-order valence-electron chi connectivity index (χ2n) is 8.63. The van der Waals surface area contributed by atoms with E-state index >= 15 is 0 Å². The van der Waals surface area contributed by atoms with Gasteiger partial charge in [-0.25, -0.2) is 9.59 Å². The number of nitro groups is 1. The number of non-ortho nitro benzene ring substituents is 1. The number of rotatable bonds is 5. The highest BCUT2D eigenvalue weighted by Crippen LogP contribution is 2.40. The Bertz CT molecular complexity index is 1030. The summed E-state index contributed by atoms with van der Waals surface area (Å²) in [5.41, 5.74) is 0.743. The minimum Gasteiger partial charge on any atom is -0.459 e. The third-order valence-electron chi connectivity index (χ3n) is 6.60. The minimum absolute atomic E-state index is 0.0752. The third-order valence-corrected chi connectivity index (χ3v) is 7.13. The molecule has 1 aliphatic carbocycles. The maximum Gasteiger partial charge on any atom is 0.410 e. The fraction of sp³-hybridized carbons (Fsp3) is 0.417. The van der Waals surface area contributed by atoms with Gasteiger partial charge < -0.3 is 14.4 Å². The maximum absolute atomic E-state index is 12.8. The number of carbonyl (C=O) groups is 2. The van der Waals surface area contributed by atoms with Gasteiger partial charge in [-0.1, -0.05) is 28.1 Å². The van der Waals surface area contributed by atoms with Crippen molar-refractivity contribution in [2.75, 3.05) is 6.54 Å². The standard InChI is InChI=1S/C24H25BrN2O6/c1-16(17-2-6-19(25)7-3-17)26-15-14-24(33-23(26)29)12-10-21(11-13-24)32-22(28)18-4-8-20(9-5-18)27(30)31/h2-9,16,21H,10-15H2,1H3/t16-,21-,24+/m0/s1. The highest BCUT2D eigenvalue weighted by atomic mass is 79.9. The van der Waals surface area contributed by atoms with Gasteiger partial charge in [0.1, 0.15) is 11.7 Å². The van der Waals surface area contributed by atoms with E-state index in [-0.39, 0.29) is 29.5 Å². The number of benzene rings is 2. The molecule has 2 aromatic carbocycles. The third kappa shape index (κ3) is 5.19. The van der Waals surface area contributed by atoms with Crippen molar-refractivity contribution in [2.24, 2.45) is 0 Å². The molecule has 1 amide bonds. The quantitative estimate of drug-likeness (QED) is 0.283. The number of nitrogens with zero attached hydrogens (tertiary/aromatic N) is 2. The molecule has 1 aliphatic heterocycles. The van der Waals surface area contributed by atoms with Crippen LogP contribution in [0, 0.1) is 10.1 Å². The van der Waals surface area contributed by atoms with Crippen molar-refractivity contribution in [3.05, 3.63) is 74.2 Å². The Morgan fingerprint density at radius 2 is 1.79 bits per heavy atom. The SMILES string of the molecule is C[C@@H](c1ccc(Br)cc1)N1CC[C@]2(CC[C@H](OC(=O)c3ccc([N+](=O)[O-])cc3)CC2)OC1=O. The Morgan fingerprint density at radius 1 is 1.15 bits per heavy atom. The fourth-order valence-electron chi connectivity index (χ4n) is 4.51. The fourth-order valence-corrected chi connectivity index (χ4v) is 4.77. The molecule has 8 nitrogen and oxygen atoms in total. The zero-order valence-corrected chi connectivity index (χ0v) is 19.8. The molecule has 1 saturated heterocycles. The first-order valence-electron chi connectivity index (χ1n) is 11.0. The van der Waals surface area contributed by atoms with E-state index in [9.17, 15) is 19.7 Å². The van der Waals surface area contributed by atoms with Crippen molar-refractivity contribution in [1.29, 1.82) is 0 Å². The summed E-state index contributed by atoms with van der Waals surface area (Å²) in [4.78, 5) is 37.2. The molecule has 0 N–H and O–H groups in total. The van der Waals surface area contributed by atoms with Crippen LogP contribution in [0.1, 0.15) is 61.0 Å². The first kappa shape index (κ1) is 23.2. The van der Waals surface area contributed by atoms with Gasteiger partial charge in [-0.15, -0.1) is 0 Å². The van der Waals surface area contributed by atoms with Crippen LogP contribution in [0.5, 0.6) is 0 Å². The van der Waals surface area contributed by atoms with Gasteiger partial charge in [-0.3, -0.25) is 10.1 Å². The van der Waals surface area contributed by atoms with Crippen molar-refractivity contribution < 1.29 is 24.0 Å². The molecule has 2 aromatic rings. The summed E-state index contributed by atoms with van der Waals surface area (Å²) in [7, 11) is 0. The summed E-state index contributed by atoms with van der Waals surface area (Å²) in [6.45, 7) is 2.61. The lowest BCUT2D eigenvalue weighted by Gasteiger charge is -2.46. The predicted octanol–water partition coefficient (Wildman–Crippen LogP) is 5.80. The Labute approximate surface area is 200 Å². The van der Waals surface area contributed by atoms with Gasteiger partial charge in [0.15, 0.2) is 0 Å². The van der Waals surface area contributed by atoms with Crippen LogP contribution in [0.4, 0.5) is 10.5 Å². The van der Waals surface area contributed by atoms with Gasteiger partial charge >= 0.3 is 12.1 Å². The van der Waals surface area contributed by atoms with Crippen molar-refractivity contribution in [1.82, 2.24) is 4.90 Å². The number of ether oxygens (including phenoxy) is 2. The van der Waals surface area contributed by atoms with Crippen LogP contribution in [0.15, 0.2) is 53.0 Å². The van der Waals surface area contributed by atoms with Gasteiger partial charge in [0.25, 0.3) is 5.69 Å². The average molecular weight is 517 g/mol. The Morgan fingerprint density at radius 3 is 2.36 bits per heavy atom. The molecule has 1 atom stereocenters. The number of amides is 1. The van der Waals surface area contributed by atoms with E-state index in [0.717, 1.165) is 16.5 Å². The maximum atomic E-state index is 12.8. The molecule has 33 heavy (non-hydrogen) atoms. The van der Waals surface area contributed by atoms with Gasteiger partial charge in [0.2, 0.25) is 0 Å². The van der Waals surface area contributed by atoms with Crippen LogP contribution in [-0.4, -0.2) is 40.1 Å². The molecule has 0 radical (unpaired) electrons. The Kier molecular flexibility index (Phi) is 6.69. The first-order valence-corrected chi connectivity index (χ1v) is 11.8. The van der Waals surface area contributed by atoms with Crippen LogP contribution in [0.2, 0.25) is 0 Å². The molecule has 0 aromatic heterocycles. The molecular formula is C24H25BrN2O6. The number of esters is 1. The second-order valence-corrected chi connectivity index (χ2v) is 9.55. The Hall–Kier alpha value is -2.94. The van der Waals surface area contributed by atoms with E-state index in [0.29, 0.717) is 32.2 Å². The van der Waals surface area contributed by atoms with Crippen molar-refractivity contribution in [3.8, 4) is 0 Å². The highest BCUT2D eigenvalue weighted by Gasteiger charge is 2.45. The number of halogens is 1. The van der Waals surface area contributed by atoms with Crippen LogP contribution < -0.4 is 0 Å². The molecule has 1 heterocycles. The van der Waals surface area contributed by atoms with Crippen molar-refractivity contribution >= 4 is 33.7 Å². The van der Waals surface area contributed by atoms with Gasteiger partial charge in [-0.2, -0.15) is 0 Å². The summed E-state index contributed by atoms with van der Waals surface area (Å²) in [6, 6.07) is 13.2. The number of carbonyl (C=O) groups excluding carboxylic acids is 2. The zero-order chi connectivity index (χ0) is 23.6. The van der Waals surface area contributed by atoms with Crippen LogP contribution in [-0.2, 0) is 9.47 Å². The summed E-state index contributed by atoms with van der Waals surface area (Å²) >= 11 is 3.43. The Balaban J connectivity index is 1.30. The molecule has 0 bridgehead atoms. The van der Waals surface area contributed by atoms with Gasteiger partial charge in [-0.05, 0) is 62.4 Å². The van der Waals surface area contributed by atoms with Gasteiger partial charge in [0, 0.05) is 29.6 Å². The summed E-state index contributed by atoms with van der Waals surface area (Å²) in [5, 5.41) is 10.8. The minimum atomic E-state index is -0.512. The number of nitro benzene ring substituents is 1. The number of hydrogen-bond acceptors (Lipinski definition) is 6. The molecule has 174 valence electrons. The molecule has 1 spiro atoms. The van der Waals surface area contributed by atoms with Crippen molar-refractivity contribution in [2.45, 2.75) is 56.8 Å². The first-order chi connectivity index (χ1) is 15.8. The molecule has 0 unspecified atom stereocenters. The normalized spacial score (nSPS) is 23.6. The monoisotopic (exact) mass is 516 g/mol. The van der Waals surface area contributed by atoms with E-state index in [1.54, 1.807) is 4.90 Å². The van der Waals surface area contributed by atoms with E-state index in [1.165, 1.54) is 24.3 Å². The average Bonchev–Trinajstić information content (AvgIpc) is 2.81. The molecule has 4 rings (SSSR count). The van der Waals surface area contributed by atoms with E-state index in [4.69, 9.17) is 9.47 Å². The molecular weight excluding hydrogens is 492 g/mol. The predicted molar refractivity (Wildman–Crippen MR) is 124 cm³/mol. The van der Waals surface area contributed by atoms with Crippen LogP contribution >= 0.6 is 15.9 Å². The largest absolute Gasteiger partial charge is 0.459 e. The topological polar surface area (TPSA) is 99.0 Å². The highest BCUT2D eigenvalue weighted by molar-refractivity contribution is 9.10. The van der Waals surface area contributed by atoms with Crippen LogP contribution in [0.3, 0.4) is 0 Å².